The molecule has 0 spiro atoms. The fourth-order valence-electron chi connectivity index (χ4n) is 3.10. The first-order valence-corrected chi connectivity index (χ1v) is 9.35. The fraction of sp³-hybridized carbons (Fsp3) is 0.273. The number of amides is 3. The van der Waals surface area contributed by atoms with E-state index >= 15 is 0 Å². The van der Waals surface area contributed by atoms with Gasteiger partial charge in [-0.25, -0.2) is 9.59 Å². The van der Waals surface area contributed by atoms with E-state index in [0.29, 0.717) is 16.2 Å². The van der Waals surface area contributed by atoms with E-state index in [1.54, 1.807) is 48.6 Å². The first kappa shape index (κ1) is 22.6. The number of hydroxylamine groups is 2. The van der Waals surface area contributed by atoms with Gasteiger partial charge in [0.1, 0.15) is 6.04 Å². The highest BCUT2D eigenvalue weighted by molar-refractivity contribution is 6.02. The Balaban J connectivity index is 2.51. The van der Waals surface area contributed by atoms with Crippen LogP contribution in [-0.2, 0) is 24.0 Å². The predicted molar refractivity (Wildman–Crippen MR) is 109 cm³/mol. The zero-order valence-electron chi connectivity index (χ0n) is 16.9. The molecule has 2 unspecified atom stereocenters. The normalized spacial score (nSPS) is 16.3. The van der Waals surface area contributed by atoms with Gasteiger partial charge in [-0.1, -0.05) is 61.2 Å². The summed E-state index contributed by atoms with van der Waals surface area (Å²) in [5, 5.41) is 2.92. The van der Waals surface area contributed by atoms with Gasteiger partial charge in [0.15, 0.2) is 0 Å². The van der Waals surface area contributed by atoms with Crippen molar-refractivity contribution in [2.75, 3.05) is 7.11 Å². The van der Waals surface area contributed by atoms with E-state index < -0.39 is 35.8 Å². The third kappa shape index (κ3) is 5.44. The summed E-state index contributed by atoms with van der Waals surface area (Å²) in [4.78, 5) is 53.9. The van der Waals surface area contributed by atoms with Crippen LogP contribution >= 0.6 is 0 Å². The van der Waals surface area contributed by atoms with Gasteiger partial charge in [-0.3, -0.25) is 9.59 Å². The number of alkyl carbamates (subject to hydrolysis) is 1. The van der Waals surface area contributed by atoms with Gasteiger partial charge in [-0.15, -0.1) is 5.06 Å². The molecule has 0 bridgehead atoms. The summed E-state index contributed by atoms with van der Waals surface area (Å²) in [6.45, 7) is 5.51. The van der Waals surface area contributed by atoms with Gasteiger partial charge in [-0.05, 0) is 18.1 Å². The van der Waals surface area contributed by atoms with Crippen LogP contribution in [0, 0.1) is 0 Å². The molecular weight excluding hydrogens is 388 g/mol. The number of rotatable bonds is 8. The lowest BCUT2D eigenvalue weighted by molar-refractivity contribution is -0.199. The quantitative estimate of drug-likeness (QED) is 0.520. The van der Waals surface area contributed by atoms with Crippen molar-refractivity contribution in [2.24, 2.45) is 0 Å². The molecule has 1 fully saturated rings. The van der Waals surface area contributed by atoms with Gasteiger partial charge in [-0.2, -0.15) is 0 Å². The van der Waals surface area contributed by atoms with Crippen molar-refractivity contribution in [3.63, 3.8) is 0 Å². The van der Waals surface area contributed by atoms with E-state index in [9.17, 15) is 19.2 Å². The Kier molecular flexibility index (Phi) is 8.10. The van der Waals surface area contributed by atoms with E-state index in [1.807, 2.05) is 13.0 Å². The monoisotopic (exact) mass is 412 g/mol. The second kappa shape index (κ2) is 10.8. The highest BCUT2D eigenvalue weighted by Gasteiger charge is 2.39. The minimum Gasteiger partial charge on any atom is -0.453 e. The zero-order valence-corrected chi connectivity index (χ0v) is 16.9. The van der Waals surface area contributed by atoms with E-state index in [-0.39, 0.29) is 12.8 Å². The SMILES string of the molecule is C=C/C=C(\C=C/C)C(c1ccccc1)C(NC(=O)OC)C(=O)ON1C(=O)CCC1=O. The molecule has 158 valence electrons. The van der Waals surface area contributed by atoms with Crippen LogP contribution in [-0.4, -0.2) is 42.1 Å². The van der Waals surface area contributed by atoms with Crippen molar-refractivity contribution in [1.82, 2.24) is 10.4 Å². The predicted octanol–water partition coefficient (Wildman–Crippen LogP) is 2.79. The summed E-state index contributed by atoms with van der Waals surface area (Å²) in [6, 6.07) is 7.68. The van der Waals surface area contributed by atoms with Crippen molar-refractivity contribution in [2.45, 2.75) is 31.7 Å². The van der Waals surface area contributed by atoms with Crippen LogP contribution in [0.1, 0.15) is 31.2 Å². The summed E-state index contributed by atoms with van der Waals surface area (Å²) in [7, 11) is 1.16. The van der Waals surface area contributed by atoms with E-state index in [4.69, 9.17) is 4.84 Å². The molecular formula is C22H24N2O6. The Hall–Kier alpha value is -3.68. The molecule has 1 aliphatic rings. The molecule has 1 aliphatic heterocycles. The minimum atomic E-state index is -1.29. The van der Waals surface area contributed by atoms with Gasteiger partial charge < -0.3 is 14.9 Å². The summed E-state index contributed by atoms with van der Waals surface area (Å²) in [6.07, 6.45) is 5.86. The standard InChI is InChI=1S/C22H24N2O6/c1-4-9-15(10-5-2)19(16-11-7-6-8-12-16)20(23-22(28)29-3)21(27)30-24-17(25)13-14-18(24)26/h4-12,19-20H,1,13-14H2,2-3H3,(H,23,28)/b10-5-,15-9+. The molecule has 1 heterocycles. The maximum Gasteiger partial charge on any atom is 0.407 e. The molecule has 0 aromatic heterocycles. The molecule has 2 atom stereocenters. The topological polar surface area (TPSA) is 102 Å². The van der Waals surface area contributed by atoms with E-state index in [0.717, 1.165) is 7.11 Å². The lowest BCUT2D eigenvalue weighted by Gasteiger charge is -2.28. The zero-order chi connectivity index (χ0) is 22.1. The summed E-state index contributed by atoms with van der Waals surface area (Å²) in [5.74, 6) is -2.91. The number of allylic oxidation sites excluding steroid dienone is 4. The van der Waals surface area contributed by atoms with Gasteiger partial charge >= 0.3 is 12.1 Å². The van der Waals surface area contributed by atoms with Crippen molar-refractivity contribution < 1.29 is 28.8 Å². The molecule has 0 radical (unpaired) electrons. The second-order valence-electron chi connectivity index (χ2n) is 6.40. The maximum absolute atomic E-state index is 13.1. The average Bonchev–Trinajstić information content (AvgIpc) is 3.06. The van der Waals surface area contributed by atoms with Crippen molar-refractivity contribution >= 4 is 23.9 Å². The lowest BCUT2D eigenvalue weighted by Crippen LogP contribution is -2.49. The Bertz CT molecular complexity index is 859. The number of hydrogen-bond donors (Lipinski definition) is 1. The number of carbonyl (C=O) groups excluding carboxylic acids is 4. The molecule has 1 aromatic rings. The molecule has 2 rings (SSSR count). The van der Waals surface area contributed by atoms with Crippen molar-refractivity contribution in [1.29, 1.82) is 0 Å². The average molecular weight is 412 g/mol. The fourth-order valence-corrected chi connectivity index (χ4v) is 3.10. The van der Waals surface area contributed by atoms with Crippen LogP contribution in [0.5, 0.6) is 0 Å². The summed E-state index contributed by atoms with van der Waals surface area (Å²) >= 11 is 0. The number of methoxy groups -OCH3 is 1. The van der Waals surface area contributed by atoms with Gasteiger partial charge in [0.25, 0.3) is 11.8 Å². The van der Waals surface area contributed by atoms with E-state index in [1.165, 1.54) is 0 Å². The van der Waals surface area contributed by atoms with Gasteiger partial charge in [0.2, 0.25) is 0 Å². The van der Waals surface area contributed by atoms with Crippen molar-refractivity contribution in [3.05, 3.63) is 72.4 Å². The summed E-state index contributed by atoms with van der Waals surface area (Å²) < 4.78 is 4.67. The maximum atomic E-state index is 13.1. The third-order valence-electron chi connectivity index (χ3n) is 4.42. The Morgan fingerprint density at radius 1 is 1.17 bits per heavy atom. The number of benzene rings is 1. The molecule has 0 aliphatic carbocycles. The Morgan fingerprint density at radius 2 is 1.80 bits per heavy atom. The van der Waals surface area contributed by atoms with Gasteiger partial charge in [0.05, 0.1) is 7.11 Å². The molecule has 1 saturated heterocycles. The number of ether oxygens (including phenoxy) is 1. The van der Waals surface area contributed by atoms with Crippen LogP contribution in [0.2, 0.25) is 0 Å². The minimum absolute atomic E-state index is 0.0382. The molecule has 3 amide bonds. The highest BCUT2D eigenvalue weighted by Crippen LogP contribution is 2.31. The van der Waals surface area contributed by atoms with Crippen LogP contribution in [0.15, 0.2) is 66.8 Å². The molecule has 8 heteroatoms. The van der Waals surface area contributed by atoms with Crippen molar-refractivity contribution in [3.8, 4) is 0 Å². The lowest BCUT2D eigenvalue weighted by atomic mass is 9.84. The number of carbonyl (C=O) groups is 4. The molecule has 8 nitrogen and oxygen atoms in total. The second-order valence-corrected chi connectivity index (χ2v) is 6.40. The largest absolute Gasteiger partial charge is 0.453 e. The number of nitrogens with zero attached hydrogens (tertiary/aromatic N) is 1. The first-order valence-electron chi connectivity index (χ1n) is 9.35. The van der Waals surface area contributed by atoms with Crippen LogP contribution in [0.25, 0.3) is 0 Å². The smallest absolute Gasteiger partial charge is 0.407 e. The molecule has 0 saturated carbocycles. The number of imide groups is 1. The van der Waals surface area contributed by atoms with Crippen LogP contribution in [0.3, 0.4) is 0 Å². The molecule has 1 aromatic carbocycles. The molecule has 1 N–H and O–H groups in total. The molecule has 30 heavy (non-hydrogen) atoms. The first-order chi connectivity index (χ1) is 14.4. The Morgan fingerprint density at radius 3 is 2.33 bits per heavy atom. The number of nitrogens with one attached hydrogen (secondary N) is 1. The summed E-state index contributed by atoms with van der Waals surface area (Å²) in [5.41, 5.74) is 1.34. The van der Waals surface area contributed by atoms with Gasteiger partial charge in [0, 0.05) is 18.8 Å². The van der Waals surface area contributed by atoms with Crippen LogP contribution < -0.4 is 5.32 Å². The Labute approximate surface area is 174 Å². The number of hydrogen-bond acceptors (Lipinski definition) is 6. The van der Waals surface area contributed by atoms with Crippen LogP contribution in [0.4, 0.5) is 4.79 Å². The highest BCUT2D eigenvalue weighted by atomic mass is 16.7. The van der Waals surface area contributed by atoms with E-state index in [2.05, 4.69) is 16.6 Å². The third-order valence-corrected chi connectivity index (χ3v) is 4.42.